The lowest BCUT2D eigenvalue weighted by Gasteiger charge is -2.33. The Morgan fingerprint density at radius 2 is 2.14 bits per heavy atom. The number of hydrogen-bond acceptors (Lipinski definition) is 2. The zero-order chi connectivity index (χ0) is 9.80. The number of likely N-dealkylation sites (tertiary alicyclic amines) is 1. The maximum absolute atomic E-state index is 4.04. The van der Waals surface area contributed by atoms with Gasteiger partial charge in [-0.25, -0.2) is 0 Å². The van der Waals surface area contributed by atoms with E-state index in [1.165, 1.54) is 31.4 Å². The molecule has 2 nitrogen and oxygen atoms in total. The van der Waals surface area contributed by atoms with Gasteiger partial charge in [0, 0.05) is 25.0 Å². The van der Waals surface area contributed by atoms with Crippen LogP contribution in [-0.2, 0) is 6.54 Å². The summed E-state index contributed by atoms with van der Waals surface area (Å²) < 4.78 is 0. The van der Waals surface area contributed by atoms with Gasteiger partial charge in [-0.1, -0.05) is 6.42 Å². The van der Waals surface area contributed by atoms with E-state index in [4.69, 9.17) is 0 Å². The van der Waals surface area contributed by atoms with Crippen molar-refractivity contribution in [2.75, 3.05) is 6.54 Å². The van der Waals surface area contributed by atoms with Gasteiger partial charge in [-0.2, -0.15) is 0 Å². The van der Waals surface area contributed by atoms with E-state index >= 15 is 0 Å². The normalized spacial score (nSPS) is 23.6. The van der Waals surface area contributed by atoms with Gasteiger partial charge < -0.3 is 0 Å². The fraction of sp³-hybridized carbons (Fsp3) is 0.583. The summed E-state index contributed by atoms with van der Waals surface area (Å²) in [7, 11) is 0. The van der Waals surface area contributed by atoms with Gasteiger partial charge in [-0.05, 0) is 44.0 Å². The van der Waals surface area contributed by atoms with Crippen molar-refractivity contribution in [3.05, 3.63) is 30.1 Å². The van der Waals surface area contributed by atoms with E-state index in [9.17, 15) is 0 Å². The standard InChI is InChI=1S/C12H18N2/c1-11-4-2-3-9-14(11)10-12-5-7-13-8-6-12/h5-8,11H,2-4,9-10H2,1H3/t11-/m1/s1. The Labute approximate surface area is 86.0 Å². The molecule has 1 aliphatic rings. The molecule has 1 aromatic heterocycles. The van der Waals surface area contributed by atoms with Crippen LogP contribution in [0.1, 0.15) is 31.7 Å². The molecule has 0 spiro atoms. The minimum absolute atomic E-state index is 0.747. The van der Waals surface area contributed by atoms with Crippen molar-refractivity contribution in [3.63, 3.8) is 0 Å². The third-order valence-corrected chi connectivity index (χ3v) is 3.08. The highest BCUT2D eigenvalue weighted by Crippen LogP contribution is 2.18. The quantitative estimate of drug-likeness (QED) is 0.712. The second kappa shape index (κ2) is 4.56. The fourth-order valence-electron chi connectivity index (χ4n) is 2.12. The second-order valence-electron chi connectivity index (χ2n) is 4.17. The van der Waals surface area contributed by atoms with Gasteiger partial charge in [0.1, 0.15) is 0 Å². The smallest absolute Gasteiger partial charge is 0.0271 e. The average molecular weight is 190 g/mol. The first kappa shape index (κ1) is 9.66. The van der Waals surface area contributed by atoms with Gasteiger partial charge >= 0.3 is 0 Å². The number of hydrogen-bond donors (Lipinski definition) is 0. The second-order valence-corrected chi connectivity index (χ2v) is 4.17. The zero-order valence-electron chi connectivity index (χ0n) is 8.82. The SMILES string of the molecule is C[C@@H]1CCCCN1Cc1ccncc1. The van der Waals surface area contributed by atoms with Crippen molar-refractivity contribution < 1.29 is 0 Å². The molecule has 0 radical (unpaired) electrons. The summed E-state index contributed by atoms with van der Waals surface area (Å²) >= 11 is 0. The molecule has 0 saturated carbocycles. The van der Waals surface area contributed by atoms with Gasteiger partial charge in [0.25, 0.3) is 0 Å². The Bertz CT molecular complexity index is 271. The third-order valence-electron chi connectivity index (χ3n) is 3.08. The zero-order valence-corrected chi connectivity index (χ0v) is 8.82. The molecular formula is C12H18N2. The molecule has 14 heavy (non-hydrogen) atoms. The number of aromatic nitrogens is 1. The van der Waals surface area contributed by atoms with Crippen LogP contribution in [0, 0.1) is 0 Å². The topological polar surface area (TPSA) is 16.1 Å². The van der Waals surface area contributed by atoms with Crippen LogP contribution in [0.5, 0.6) is 0 Å². The first-order chi connectivity index (χ1) is 6.86. The van der Waals surface area contributed by atoms with E-state index < -0.39 is 0 Å². The maximum atomic E-state index is 4.04. The fourth-order valence-corrected chi connectivity index (χ4v) is 2.12. The van der Waals surface area contributed by atoms with Gasteiger partial charge in [0.05, 0.1) is 0 Å². The molecule has 0 bridgehead atoms. The Balaban J connectivity index is 1.96. The molecule has 0 unspecified atom stereocenters. The molecule has 1 aliphatic heterocycles. The summed E-state index contributed by atoms with van der Waals surface area (Å²) in [4.78, 5) is 6.61. The van der Waals surface area contributed by atoms with Gasteiger partial charge in [-0.3, -0.25) is 9.88 Å². The van der Waals surface area contributed by atoms with Crippen LogP contribution in [0.2, 0.25) is 0 Å². The van der Waals surface area contributed by atoms with Gasteiger partial charge in [0.15, 0.2) is 0 Å². The van der Waals surface area contributed by atoms with Crippen LogP contribution < -0.4 is 0 Å². The molecule has 2 heteroatoms. The van der Waals surface area contributed by atoms with E-state index in [-0.39, 0.29) is 0 Å². The predicted octanol–water partition coefficient (Wildman–Crippen LogP) is 2.46. The minimum Gasteiger partial charge on any atom is -0.296 e. The van der Waals surface area contributed by atoms with Crippen molar-refractivity contribution in [1.29, 1.82) is 0 Å². The Morgan fingerprint density at radius 1 is 1.36 bits per heavy atom. The molecule has 1 aromatic rings. The van der Waals surface area contributed by atoms with Crippen LogP contribution in [0.25, 0.3) is 0 Å². The van der Waals surface area contributed by atoms with E-state index in [0.29, 0.717) is 0 Å². The summed E-state index contributed by atoms with van der Waals surface area (Å²) in [6.45, 7) is 4.67. The van der Waals surface area contributed by atoms with E-state index in [0.717, 1.165) is 12.6 Å². The summed E-state index contributed by atoms with van der Waals surface area (Å²) in [6.07, 6.45) is 7.86. The van der Waals surface area contributed by atoms with Crippen LogP contribution in [0.15, 0.2) is 24.5 Å². The lowest BCUT2D eigenvalue weighted by atomic mass is 10.0. The number of piperidine rings is 1. The molecule has 2 heterocycles. The molecule has 1 fully saturated rings. The minimum atomic E-state index is 0.747. The highest BCUT2D eigenvalue weighted by Gasteiger charge is 2.17. The molecule has 0 aromatic carbocycles. The molecule has 76 valence electrons. The van der Waals surface area contributed by atoms with E-state index in [1.54, 1.807) is 0 Å². The van der Waals surface area contributed by atoms with Crippen LogP contribution in [0.3, 0.4) is 0 Å². The van der Waals surface area contributed by atoms with E-state index in [2.05, 4.69) is 28.9 Å². The predicted molar refractivity (Wildman–Crippen MR) is 58.0 cm³/mol. The molecule has 0 N–H and O–H groups in total. The lowest BCUT2D eigenvalue weighted by Crippen LogP contribution is -2.36. The third kappa shape index (κ3) is 2.32. The van der Waals surface area contributed by atoms with Crippen molar-refractivity contribution in [1.82, 2.24) is 9.88 Å². The monoisotopic (exact) mass is 190 g/mol. The van der Waals surface area contributed by atoms with Crippen LogP contribution in [0.4, 0.5) is 0 Å². The van der Waals surface area contributed by atoms with Gasteiger partial charge in [0.2, 0.25) is 0 Å². The molecule has 2 rings (SSSR count). The highest BCUT2D eigenvalue weighted by atomic mass is 15.2. The molecule has 0 aliphatic carbocycles. The van der Waals surface area contributed by atoms with Crippen LogP contribution in [-0.4, -0.2) is 22.5 Å². The summed E-state index contributed by atoms with van der Waals surface area (Å²) in [5, 5.41) is 0. The number of pyridine rings is 1. The number of nitrogens with zero attached hydrogens (tertiary/aromatic N) is 2. The largest absolute Gasteiger partial charge is 0.296 e. The van der Waals surface area contributed by atoms with Crippen molar-refractivity contribution in [2.24, 2.45) is 0 Å². The highest BCUT2D eigenvalue weighted by molar-refractivity contribution is 5.09. The molecular weight excluding hydrogens is 172 g/mol. The number of rotatable bonds is 2. The van der Waals surface area contributed by atoms with Gasteiger partial charge in [-0.15, -0.1) is 0 Å². The Morgan fingerprint density at radius 3 is 2.86 bits per heavy atom. The maximum Gasteiger partial charge on any atom is 0.0271 e. The van der Waals surface area contributed by atoms with Crippen molar-refractivity contribution >= 4 is 0 Å². The summed E-state index contributed by atoms with van der Waals surface area (Å²) in [5.41, 5.74) is 1.38. The van der Waals surface area contributed by atoms with Crippen LogP contribution >= 0.6 is 0 Å². The van der Waals surface area contributed by atoms with Crippen molar-refractivity contribution in [3.8, 4) is 0 Å². The first-order valence-corrected chi connectivity index (χ1v) is 5.49. The van der Waals surface area contributed by atoms with Crippen molar-refractivity contribution in [2.45, 2.75) is 38.8 Å². The average Bonchev–Trinajstić information content (AvgIpc) is 2.23. The molecule has 1 saturated heterocycles. The lowest BCUT2D eigenvalue weighted by molar-refractivity contribution is 0.152. The van der Waals surface area contributed by atoms with E-state index in [1.807, 2.05) is 12.4 Å². The first-order valence-electron chi connectivity index (χ1n) is 5.49. The summed E-state index contributed by atoms with van der Waals surface area (Å²) in [5.74, 6) is 0. The Hall–Kier alpha value is -0.890. The molecule has 0 amide bonds. The Kier molecular flexibility index (Phi) is 3.14. The molecule has 1 atom stereocenters. The summed E-state index contributed by atoms with van der Waals surface area (Å²) in [6, 6.07) is 4.97.